The second-order valence-electron chi connectivity index (χ2n) is 5.90. The normalized spacial score (nSPS) is 20.4. The van der Waals surface area contributed by atoms with Crippen molar-refractivity contribution < 1.29 is 17.9 Å². The largest absolute Gasteiger partial charge is 0.495 e. The van der Waals surface area contributed by atoms with Crippen LogP contribution in [0.2, 0.25) is 5.02 Å². The predicted octanol–water partition coefficient (Wildman–Crippen LogP) is 2.18. The van der Waals surface area contributed by atoms with Crippen LogP contribution in [0.4, 0.5) is 5.69 Å². The Bertz CT molecular complexity index is 708. The number of nitrogens with one attached hydrogen (secondary N) is 1. The molecule has 0 saturated carbocycles. The first kappa shape index (κ1) is 18.9. The highest BCUT2D eigenvalue weighted by Crippen LogP contribution is 2.27. The summed E-state index contributed by atoms with van der Waals surface area (Å²) in [5, 5.41) is 3.57. The van der Waals surface area contributed by atoms with Crippen LogP contribution < -0.4 is 10.1 Å². The van der Waals surface area contributed by atoms with Gasteiger partial charge in [0.2, 0.25) is 5.91 Å². The molecule has 1 aliphatic rings. The van der Waals surface area contributed by atoms with Gasteiger partial charge in [-0.2, -0.15) is 0 Å². The molecule has 0 aliphatic carbocycles. The van der Waals surface area contributed by atoms with Gasteiger partial charge in [0.15, 0.2) is 9.84 Å². The lowest BCUT2D eigenvalue weighted by Gasteiger charge is -2.30. The highest BCUT2D eigenvalue weighted by Gasteiger charge is 2.35. The van der Waals surface area contributed by atoms with Gasteiger partial charge in [0.05, 0.1) is 23.6 Å². The van der Waals surface area contributed by atoms with Crippen molar-refractivity contribution in [3.05, 3.63) is 23.2 Å². The molecule has 2 rings (SSSR count). The highest BCUT2D eigenvalue weighted by molar-refractivity contribution is 7.91. The molecule has 0 bridgehead atoms. The van der Waals surface area contributed by atoms with Crippen molar-refractivity contribution in [1.29, 1.82) is 0 Å². The number of carbonyl (C=O) groups is 1. The number of hydrogen-bond donors (Lipinski definition) is 1. The van der Waals surface area contributed by atoms with E-state index in [0.29, 0.717) is 29.4 Å². The lowest BCUT2D eigenvalue weighted by Crippen LogP contribution is -2.47. The van der Waals surface area contributed by atoms with Crippen LogP contribution in [0.1, 0.15) is 20.3 Å². The molecule has 24 heavy (non-hydrogen) atoms. The number of carbonyl (C=O) groups excluding carboxylic acids is 1. The van der Waals surface area contributed by atoms with E-state index in [1.165, 1.54) is 7.11 Å². The molecule has 1 aliphatic heterocycles. The van der Waals surface area contributed by atoms with Crippen molar-refractivity contribution in [2.24, 2.45) is 0 Å². The van der Waals surface area contributed by atoms with Gasteiger partial charge in [0, 0.05) is 18.3 Å². The molecule has 1 aromatic carbocycles. The van der Waals surface area contributed by atoms with Crippen LogP contribution in [0.25, 0.3) is 0 Å². The molecule has 8 heteroatoms. The minimum atomic E-state index is -3.03. The average Bonchev–Trinajstić information content (AvgIpc) is 2.88. The standard InChI is InChI=1S/C16H23ClN2O4S/c1-4-19(13-7-8-24(21,22)10-13)16(20)11(2)18-12-5-6-15(23-3)14(17)9-12/h5-6,9,11,13,18H,4,7-8,10H2,1-3H3/t11-,13-/m0/s1. The number of ether oxygens (including phenoxy) is 1. The molecule has 1 N–H and O–H groups in total. The minimum Gasteiger partial charge on any atom is -0.495 e. The molecule has 1 fully saturated rings. The molecular formula is C16H23ClN2O4S. The van der Waals surface area contributed by atoms with Crippen LogP contribution in [0.5, 0.6) is 5.75 Å². The van der Waals surface area contributed by atoms with Crippen LogP contribution >= 0.6 is 11.6 Å². The Hall–Kier alpha value is -1.47. The van der Waals surface area contributed by atoms with Gasteiger partial charge in [-0.15, -0.1) is 0 Å². The lowest BCUT2D eigenvalue weighted by molar-refractivity contribution is -0.133. The number of nitrogens with zero attached hydrogens (tertiary/aromatic N) is 1. The van der Waals surface area contributed by atoms with Gasteiger partial charge < -0.3 is 15.0 Å². The Morgan fingerprint density at radius 1 is 1.50 bits per heavy atom. The highest BCUT2D eigenvalue weighted by atomic mass is 35.5. The molecule has 0 aromatic heterocycles. The Morgan fingerprint density at radius 3 is 2.71 bits per heavy atom. The summed E-state index contributed by atoms with van der Waals surface area (Å²) in [5.41, 5.74) is 0.705. The first-order chi connectivity index (χ1) is 11.3. The fourth-order valence-electron chi connectivity index (χ4n) is 2.93. The quantitative estimate of drug-likeness (QED) is 0.826. The maximum Gasteiger partial charge on any atom is 0.245 e. The van der Waals surface area contributed by atoms with Crippen molar-refractivity contribution in [3.63, 3.8) is 0 Å². The zero-order valence-electron chi connectivity index (χ0n) is 14.1. The fraction of sp³-hybridized carbons (Fsp3) is 0.562. The number of anilines is 1. The number of sulfone groups is 1. The maximum atomic E-state index is 12.7. The van der Waals surface area contributed by atoms with Crippen LogP contribution in [-0.2, 0) is 14.6 Å². The maximum absolute atomic E-state index is 12.7. The molecule has 0 radical (unpaired) electrons. The van der Waals surface area contributed by atoms with E-state index in [4.69, 9.17) is 16.3 Å². The predicted molar refractivity (Wildman–Crippen MR) is 95.5 cm³/mol. The first-order valence-corrected chi connectivity index (χ1v) is 10.1. The monoisotopic (exact) mass is 374 g/mol. The van der Waals surface area contributed by atoms with E-state index in [2.05, 4.69) is 5.32 Å². The van der Waals surface area contributed by atoms with Crippen molar-refractivity contribution >= 4 is 33.0 Å². The molecule has 0 spiro atoms. The third-order valence-corrected chi connectivity index (χ3v) is 6.22. The van der Waals surface area contributed by atoms with Gasteiger partial charge in [-0.25, -0.2) is 8.42 Å². The van der Waals surface area contributed by atoms with Crippen molar-refractivity contribution in [2.45, 2.75) is 32.4 Å². The molecule has 134 valence electrons. The first-order valence-electron chi connectivity index (χ1n) is 7.88. The second-order valence-corrected chi connectivity index (χ2v) is 8.53. The zero-order chi connectivity index (χ0) is 17.9. The number of rotatable bonds is 6. The topological polar surface area (TPSA) is 75.7 Å². The molecule has 1 aromatic rings. The number of hydrogen-bond acceptors (Lipinski definition) is 5. The zero-order valence-corrected chi connectivity index (χ0v) is 15.7. The molecule has 6 nitrogen and oxygen atoms in total. The number of halogens is 1. The van der Waals surface area contributed by atoms with E-state index in [9.17, 15) is 13.2 Å². The fourth-order valence-corrected chi connectivity index (χ4v) is 4.92. The summed E-state index contributed by atoms with van der Waals surface area (Å²) in [6.45, 7) is 4.10. The summed E-state index contributed by atoms with van der Waals surface area (Å²) in [6.07, 6.45) is 0.503. The Balaban J connectivity index is 2.06. The number of amides is 1. The SMILES string of the molecule is CCN(C(=O)[C@H](C)Nc1ccc(OC)c(Cl)c1)[C@H]1CCS(=O)(=O)C1. The van der Waals surface area contributed by atoms with Crippen LogP contribution in [0.3, 0.4) is 0 Å². The van der Waals surface area contributed by atoms with Crippen LogP contribution in [0, 0.1) is 0 Å². The summed E-state index contributed by atoms with van der Waals surface area (Å²) in [7, 11) is -1.49. The molecule has 2 atom stereocenters. The summed E-state index contributed by atoms with van der Waals surface area (Å²) in [6, 6.07) is 4.47. The molecule has 0 unspecified atom stereocenters. The minimum absolute atomic E-state index is 0.0493. The smallest absolute Gasteiger partial charge is 0.245 e. The van der Waals surface area contributed by atoms with Crippen LogP contribution in [-0.4, -0.2) is 56.5 Å². The second kappa shape index (κ2) is 7.61. The summed E-state index contributed by atoms with van der Waals surface area (Å²) in [5.74, 6) is 0.643. The molecular weight excluding hydrogens is 352 g/mol. The van der Waals surface area contributed by atoms with Crippen LogP contribution in [0.15, 0.2) is 18.2 Å². The van der Waals surface area contributed by atoms with E-state index in [1.807, 2.05) is 6.92 Å². The molecule has 1 heterocycles. The Labute approximate surface area is 148 Å². The van der Waals surface area contributed by atoms with Gasteiger partial charge in [-0.05, 0) is 38.5 Å². The number of likely N-dealkylation sites (N-methyl/N-ethyl adjacent to an activating group) is 1. The van der Waals surface area contributed by atoms with Crippen molar-refractivity contribution in [1.82, 2.24) is 4.90 Å². The van der Waals surface area contributed by atoms with Crippen molar-refractivity contribution in [2.75, 3.05) is 30.5 Å². The molecule has 1 amide bonds. The van der Waals surface area contributed by atoms with E-state index >= 15 is 0 Å². The third kappa shape index (κ3) is 4.33. The lowest BCUT2D eigenvalue weighted by atomic mass is 10.1. The Kier molecular flexibility index (Phi) is 5.98. The number of methoxy groups -OCH3 is 1. The number of benzene rings is 1. The van der Waals surface area contributed by atoms with Gasteiger partial charge in [-0.1, -0.05) is 11.6 Å². The Morgan fingerprint density at radius 2 is 2.21 bits per heavy atom. The van der Waals surface area contributed by atoms with Gasteiger partial charge in [0.1, 0.15) is 11.8 Å². The summed E-state index contributed by atoms with van der Waals surface area (Å²) in [4.78, 5) is 14.3. The summed E-state index contributed by atoms with van der Waals surface area (Å²) < 4.78 is 28.4. The third-order valence-electron chi connectivity index (χ3n) is 4.18. The summed E-state index contributed by atoms with van der Waals surface area (Å²) >= 11 is 6.09. The van der Waals surface area contributed by atoms with E-state index < -0.39 is 15.9 Å². The van der Waals surface area contributed by atoms with Gasteiger partial charge in [0.25, 0.3) is 0 Å². The molecule has 1 saturated heterocycles. The average molecular weight is 375 g/mol. The van der Waals surface area contributed by atoms with Gasteiger partial charge in [-0.3, -0.25) is 4.79 Å². The van der Waals surface area contributed by atoms with E-state index in [0.717, 1.165) is 0 Å². The van der Waals surface area contributed by atoms with Crippen molar-refractivity contribution in [3.8, 4) is 5.75 Å². The van der Waals surface area contributed by atoms with E-state index in [1.54, 1.807) is 30.0 Å². The van der Waals surface area contributed by atoms with Gasteiger partial charge >= 0.3 is 0 Å². The van der Waals surface area contributed by atoms with E-state index in [-0.39, 0.29) is 23.5 Å².